The van der Waals surface area contributed by atoms with Crippen molar-refractivity contribution in [3.05, 3.63) is 64.5 Å². The molecule has 2 aromatic carbocycles. The van der Waals surface area contributed by atoms with Crippen molar-refractivity contribution in [2.24, 2.45) is 0 Å². The monoisotopic (exact) mass is 449 g/mol. The molecule has 0 fully saturated rings. The fourth-order valence-electron chi connectivity index (χ4n) is 2.73. The Kier molecular flexibility index (Phi) is 7.98. The summed E-state index contributed by atoms with van der Waals surface area (Å²) >= 11 is 13.7. The summed E-state index contributed by atoms with van der Waals surface area (Å²) < 4.78 is 5.74. The summed E-state index contributed by atoms with van der Waals surface area (Å²) in [6, 6.07) is 14.9. The third-order valence-corrected chi connectivity index (χ3v) is 5.74. The maximum absolute atomic E-state index is 12.7. The van der Waals surface area contributed by atoms with Gasteiger partial charge in [0, 0.05) is 28.6 Å². The van der Waals surface area contributed by atoms with Crippen molar-refractivity contribution in [2.75, 3.05) is 12.3 Å². The second-order valence-electron chi connectivity index (χ2n) is 6.35. The number of rotatable bonds is 9. The van der Waals surface area contributed by atoms with Gasteiger partial charge in [-0.1, -0.05) is 42.3 Å². The summed E-state index contributed by atoms with van der Waals surface area (Å²) in [5.74, 6) is 1.50. The molecular weight excluding hydrogens is 429 g/mol. The Hall–Kier alpha value is -2.02. The normalized spacial score (nSPS) is 10.9. The first-order valence-corrected chi connectivity index (χ1v) is 11.0. The fourth-order valence-corrected chi connectivity index (χ4v) is 3.91. The molecule has 29 heavy (non-hydrogen) atoms. The Bertz CT molecular complexity index is 947. The standard InChI is InChI=1S/C21H21Cl2N3O2S/c1-2-12-26(20(27)11-13-29-16-9-7-15(22)8-10-16)14-19-24-25-21(28-19)17-5-3-4-6-18(17)23/h3-10H,2,11-14H2,1H3. The Morgan fingerprint density at radius 1 is 1.10 bits per heavy atom. The molecule has 5 nitrogen and oxygen atoms in total. The van der Waals surface area contributed by atoms with Crippen molar-refractivity contribution in [3.8, 4) is 11.5 Å². The van der Waals surface area contributed by atoms with E-state index in [0.29, 0.717) is 46.1 Å². The van der Waals surface area contributed by atoms with Crippen LogP contribution >= 0.6 is 35.0 Å². The summed E-state index contributed by atoms with van der Waals surface area (Å²) in [4.78, 5) is 15.5. The third-order valence-electron chi connectivity index (χ3n) is 4.14. The molecule has 0 aliphatic carbocycles. The number of aromatic nitrogens is 2. The smallest absolute Gasteiger partial charge is 0.249 e. The highest BCUT2D eigenvalue weighted by Crippen LogP contribution is 2.26. The van der Waals surface area contributed by atoms with Gasteiger partial charge < -0.3 is 9.32 Å². The molecule has 0 saturated heterocycles. The zero-order chi connectivity index (χ0) is 20.6. The Morgan fingerprint density at radius 2 is 1.86 bits per heavy atom. The molecule has 3 aromatic rings. The van der Waals surface area contributed by atoms with Gasteiger partial charge in [0.25, 0.3) is 0 Å². The van der Waals surface area contributed by atoms with Crippen LogP contribution in [-0.4, -0.2) is 33.3 Å². The van der Waals surface area contributed by atoms with Gasteiger partial charge >= 0.3 is 0 Å². The molecule has 0 radical (unpaired) electrons. The highest BCUT2D eigenvalue weighted by atomic mass is 35.5. The van der Waals surface area contributed by atoms with E-state index >= 15 is 0 Å². The second-order valence-corrected chi connectivity index (χ2v) is 8.36. The van der Waals surface area contributed by atoms with Crippen LogP contribution in [0.15, 0.2) is 57.8 Å². The van der Waals surface area contributed by atoms with Crippen molar-refractivity contribution in [2.45, 2.75) is 31.2 Å². The molecule has 1 aromatic heterocycles. The van der Waals surface area contributed by atoms with Gasteiger partial charge in [-0.15, -0.1) is 22.0 Å². The van der Waals surface area contributed by atoms with E-state index in [1.165, 1.54) is 0 Å². The van der Waals surface area contributed by atoms with Crippen LogP contribution in [0.2, 0.25) is 10.0 Å². The Balaban J connectivity index is 1.58. The van der Waals surface area contributed by atoms with E-state index < -0.39 is 0 Å². The van der Waals surface area contributed by atoms with Gasteiger partial charge in [0.1, 0.15) is 0 Å². The molecule has 0 N–H and O–H groups in total. The van der Waals surface area contributed by atoms with E-state index in [2.05, 4.69) is 10.2 Å². The average Bonchev–Trinajstić information content (AvgIpc) is 3.18. The number of carbonyl (C=O) groups is 1. The fraction of sp³-hybridized carbons (Fsp3) is 0.286. The van der Waals surface area contributed by atoms with Crippen LogP contribution in [0, 0.1) is 0 Å². The Labute approximate surface area is 184 Å². The zero-order valence-corrected chi connectivity index (χ0v) is 18.3. The SMILES string of the molecule is CCCN(Cc1nnc(-c2ccccc2Cl)o1)C(=O)CCSc1ccc(Cl)cc1. The molecule has 0 saturated carbocycles. The molecular formula is C21H21Cl2N3O2S. The number of hydrogen-bond donors (Lipinski definition) is 0. The van der Waals surface area contributed by atoms with E-state index in [-0.39, 0.29) is 12.5 Å². The topological polar surface area (TPSA) is 59.2 Å². The highest BCUT2D eigenvalue weighted by Gasteiger charge is 2.18. The minimum Gasteiger partial charge on any atom is -0.419 e. The predicted octanol–water partition coefficient (Wildman–Crippen LogP) is 5.96. The van der Waals surface area contributed by atoms with E-state index in [4.69, 9.17) is 27.6 Å². The summed E-state index contributed by atoms with van der Waals surface area (Å²) in [7, 11) is 0. The maximum Gasteiger partial charge on any atom is 0.249 e. The molecule has 1 amide bonds. The highest BCUT2D eigenvalue weighted by molar-refractivity contribution is 7.99. The van der Waals surface area contributed by atoms with Gasteiger partial charge in [-0.25, -0.2) is 0 Å². The van der Waals surface area contributed by atoms with Crippen LogP contribution < -0.4 is 0 Å². The number of thioether (sulfide) groups is 1. The number of carbonyl (C=O) groups excluding carboxylic acids is 1. The summed E-state index contributed by atoms with van der Waals surface area (Å²) in [5.41, 5.74) is 0.681. The summed E-state index contributed by atoms with van der Waals surface area (Å²) in [6.07, 6.45) is 1.28. The largest absolute Gasteiger partial charge is 0.419 e. The second kappa shape index (κ2) is 10.7. The van der Waals surface area contributed by atoms with Gasteiger partial charge in [-0.2, -0.15) is 0 Å². The van der Waals surface area contributed by atoms with Crippen molar-refractivity contribution in [1.82, 2.24) is 15.1 Å². The summed E-state index contributed by atoms with van der Waals surface area (Å²) in [6.45, 7) is 2.95. The number of benzene rings is 2. The van der Waals surface area contributed by atoms with Crippen molar-refractivity contribution in [3.63, 3.8) is 0 Å². The molecule has 1 heterocycles. The van der Waals surface area contributed by atoms with Crippen LogP contribution in [0.3, 0.4) is 0 Å². The van der Waals surface area contributed by atoms with E-state index in [1.807, 2.05) is 49.4 Å². The van der Waals surface area contributed by atoms with Crippen LogP contribution in [0.25, 0.3) is 11.5 Å². The molecule has 0 bridgehead atoms. The first kappa shape index (κ1) is 21.7. The van der Waals surface area contributed by atoms with Crippen LogP contribution in [0.5, 0.6) is 0 Å². The quantitative estimate of drug-likeness (QED) is 0.376. The lowest BCUT2D eigenvalue weighted by Gasteiger charge is -2.20. The first-order chi connectivity index (χ1) is 14.1. The number of amides is 1. The zero-order valence-electron chi connectivity index (χ0n) is 16.0. The van der Waals surface area contributed by atoms with Gasteiger partial charge in [-0.05, 0) is 42.8 Å². The van der Waals surface area contributed by atoms with Crippen LogP contribution in [0.1, 0.15) is 25.7 Å². The molecule has 0 unspecified atom stereocenters. The summed E-state index contributed by atoms with van der Waals surface area (Å²) in [5, 5.41) is 9.41. The van der Waals surface area contributed by atoms with Gasteiger partial charge in [0.15, 0.2) is 0 Å². The molecule has 0 atom stereocenters. The molecule has 0 aliphatic heterocycles. The van der Waals surface area contributed by atoms with E-state index in [9.17, 15) is 4.79 Å². The molecule has 8 heteroatoms. The van der Waals surface area contributed by atoms with Crippen molar-refractivity contribution >= 4 is 40.9 Å². The van der Waals surface area contributed by atoms with Gasteiger partial charge in [0.05, 0.1) is 17.1 Å². The first-order valence-electron chi connectivity index (χ1n) is 9.30. The number of hydrogen-bond acceptors (Lipinski definition) is 5. The van der Waals surface area contributed by atoms with Gasteiger partial charge in [-0.3, -0.25) is 4.79 Å². The molecule has 152 valence electrons. The minimum atomic E-state index is 0.0609. The van der Waals surface area contributed by atoms with E-state index in [0.717, 1.165) is 11.3 Å². The van der Waals surface area contributed by atoms with Crippen molar-refractivity contribution in [1.29, 1.82) is 0 Å². The average molecular weight is 450 g/mol. The van der Waals surface area contributed by atoms with Crippen LogP contribution in [0.4, 0.5) is 0 Å². The number of nitrogens with zero attached hydrogens (tertiary/aromatic N) is 3. The lowest BCUT2D eigenvalue weighted by atomic mass is 10.2. The third kappa shape index (κ3) is 6.23. The minimum absolute atomic E-state index is 0.0609. The van der Waals surface area contributed by atoms with Gasteiger partial charge in [0.2, 0.25) is 17.7 Å². The maximum atomic E-state index is 12.7. The lowest BCUT2D eigenvalue weighted by molar-refractivity contribution is -0.131. The van der Waals surface area contributed by atoms with Crippen molar-refractivity contribution < 1.29 is 9.21 Å². The van der Waals surface area contributed by atoms with Crippen LogP contribution in [-0.2, 0) is 11.3 Å². The predicted molar refractivity (Wildman–Crippen MR) is 117 cm³/mol. The molecule has 0 spiro atoms. The molecule has 3 rings (SSSR count). The number of halogens is 2. The lowest BCUT2D eigenvalue weighted by Crippen LogP contribution is -2.31. The van der Waals surface area contributed by atoms with E-state index in [1.54, 1.807) is 22.7 Å². The molecule has 0 aliphatic rings. The Morgan fingerprint density at radius 3 is 2.59 bits per heavy atom.